The van der Waals surface area contributed by atoms with Crippen LogP contribution in [0.15, 0.2) is 11.6 Å². The van der Waals surface area contributed by atoms with Crippen molar-refractivity contribution in [3.05, 3.63) is 11.6 Å². The summed E-state index contributed by atoms with van der Waals surface area (Å²) in [7, 11) is 1.76. The van der Waals surface area contributed by atoms with Gasteiger partial charge < -0.3 is 9.84 Å². The lowest BCUT2D eigenvalue weighted by Gasteiger charge is -2.14. The average molecular weight is 186 g/mol. The molecule has 2 heteroatoms. The van der Waals surface area contributed by atoms with Crippen LogP contribution < -0.4 is 0 Å². The van der Waals surface area contributed by atoms with Gasteiger partial charge in [-0.05, 0) is 19.8 Å². The molecule has 0 rings (SSSR count). The molecule has 0 saturated carbocycles. The third-order valence-corrected chi connectivity index (χ3v) is 2.20. The lowest BCUT2D eigenvalue weighted by Crippen LogP contribution is -2.10. The van der Waals surface area contributed by atoms with E-state index in [0.717, 1.165) is 12.8 Å². The Hall–Kier alpha value is -0.340. The van der Waals surface area contributed by atoms with Gasteiger partial charge in [-0.25, -0.2) is 0 Å². The number of rotatable bonds is 7. The Morgan fingerprint density at radius 2 is 2.23 bits per heavy atom. The van der Waals surface area contributed by atoms with Gasteiger partial charge in [0.2, 0.25) is 0 Å². The van der Waals surface area contributed by atoms with E-state index in [9.17, 15) is 0 Å². The molecule has 0 aliphatic rings. The van der Waals surface area contributed by atoms with Gasteiger partial charge in [0, 0.05) is 7.11 Å². The van der Waals surface area contributed by atoms with Crippen molar-refractivity contribution in [3.63, 3.8) is 0 Å². The van der Waals surface area contributed by atoms with E-state index in [1.54, 1.807) is 7.11 Å². The molecule has 0 radical (unpaired) electrons. The van der Waals surface area contributed by atoms with Crippen LogP contribution in [0.2, 0.25) is 0 Å². The third-order valence-electron chi connectivity index (χ3n) is 2.20. The van der Waals surface area contributed by atoms with Gasteiger partial charge in [-0.2, -0.15) is 0 Å². The van der Waals surface area contributed by atoms with Crippen molar-refractivity contribution in [3.8, 4) is 0 Å². The van der Waals surface area contributed by atoms with Gasteiger partial charge in [-0.15, -0.1) is 0 Å². The summed E-state index contributed by atoms with van der Waals surface area (Å²) in [6.45, 7) is 4.35. The van der Waals surface area contributed by atoms with E-state index in [1.165, 1.54) is 18.4 Å². The highest BCUT2D eigenvalue weighted by molar-refractivity contribution is 4.99. The molecule has 0 saturated heterocycles. The van der Waals surface area contributed by atoms with Gasteiger partial charge in [0.25, 0.3) is 0 Å². The van der Waals surface area contributed by atoms with Gasteiger partial charge in [0.1, 0.15) is 0 Å². The van der Waals surface area contributed by atoms with Crippen molar-refractivity contribution in [2.75, 3.05) is 13.7 Å². The number of hydrogen-bond acceptors (Lipinski definition) is 2. The molecule has 2 nitrogen and oxygen atoms in total. The number of hydrogen-bond donors (Lipinski definition) is 1. The summed E-state index contributed by atoms with van der Waals surface area (Å²) in [6, 6.07) is 0. The summed E-state index contributed by atoms with van der Waals surface area (Å²) in [5.74, 6) is 0. The summed E-state index contributed by atoms with van der Waals surface area (Å²) in [4.78, 5) is 0. The van der Waals surface area contributed by atoms with Crippen LogP contribution in [-0.2, 0) is 4.74 Å². The molecule has 0 spiro atoms. The lowest BCUT2D eigenvalue weighted by molar-refractivity contribution is 0.0934. The average Bonchev–Trinajstić information content (AvgIpc) is 2.12. The molecule has 0 aromatic carbocycles. The maximum atomic E-state index is 8.68. The molecule has 0 heterocycles. The van der Waals surface area contributed by atoms with Crippen molar-refractivity contribution in [2.45, 2.75) is 45.6 Å². The molecule has 1 unspecified atom stereocenters. The fourth-order valence-corrected chi connectivity index (χ4v) is 1.33. The first kappa shape index (κ1) is 12.7. The maximum absolute atomic E-state index is 8.68. The van der Waals surface area contributed by atoms with Crippen molar-refractivity contribution < 1.29 is 9.84 Å². The fourth-order valence-electron chi connectivity index (χ4n) is 1.33. The van der Waals surface area contributed by atoms with Crippen LogP contribution in [0.25, 0.3) is 0 Å². The number of ether oxygens (including phenoxy) is 1. The standard InChI is InChI=1S/C11H22O2/c1-4-5-6-11(13-3)9-10(2)7-8-12/h7,11-12H,4-6,8-9H2,1-3H3/b10-7+. The molecule has 78 valence electrons. The van der Waals surface area contributed by atoms with Crippen LogP contribution >= 0.6 is 0 Å². The second-order valence-electron chi connectivity index (χ2n) is 3.44. The molecule has 0 amide bonds. The van der Waals surface area contributed by atoms with Gasteiger partial charge in [0.15, 0.2) is 0 Å². The zero-order valence-electron chi connectivity index (χ0n) is 9.05. The molecule has 0 aromatic rings. The van der Waals surface area contributed by atoms with E-state index in [2.05, 4.69) is 6.92 Å². The smallest absolute Gasteiger partial charge is 0.0614 e. The van der Waals surface area contributed by atoms with Gasteiger partial charge in [-0.3, -0.25) is 0 Å². The molecule has 13 heavy (non-hydrogen) atoms. The second-order valence-corrected chi connectivity index (χ2v) is 3.44. The molecule has 0 aromatic heterocycles. The van der Waals surface area contributed by atoms with E-state index in [-0.39, 0.29) is 6.61 Å². The van der Waals surface area contributed by atoms with E-state index in [0.29, 0.717) is 6.10 Å². The molecule has 0 fully saturated rings. The zero-order chi connectivity index (χ0) is 10.1. The Morgan fingerprint density at radius 3 is 2.69 bits per heavy atom. The lowest BCUT2D eigenvalue weighted by atomic mass is 10.0. The quantitative estimate of drug-likeness (QED) is 0.619. The number of unbranched alkanes of at least 4 members (excludes halogenated alkanes) is 1. The minimum Gasteiger partial charge on any atom is -0.392 e. The third kappa shape index (κ3) is 6.79. The number of aliphatic hydroxyl groups is 1. The highest BCUT2D eigenvalue weighted by Crippen LogP contribution is 2.13. The van der Waals surface area contributed by atoms with E-state index < -0.39 is 0 Å². The van der Waals surface area contributed by atoms with Crippen LogP contribution in [-0.4, -0.2) is 24.9 Å². The minimum absolute atomic E-state index is 0.135. The summed E-state index contributed by atoms with van der Waals surface area (Å²) in [5, 5.41) is 8.68. The first-order valence-electron chi connectivity index (χ1n) is 5.03. The number of aliphatic hydroxyl groups excluding tert-OH is 1. The second kappa shape index (κ2) is 8.27. The predicted octanol–water partition coefficient (Wildman–Crippen LogP) is 2.52. The van der Waals surface area contributed by atoms with Crippen molar-refractivity contribution >= 4 is 0 Å². The molecule has 0 bridgehead atoms. The number of methoxy groups -OCH3 is 1. The van der Waals surface area contributed by atoms with Crippen LogP contribution in [0.5, 0.6) is 0 Å². The van der Waals surface area contributed by atoms with E-state index in [4.69, 9.17) is 9.84 Å². The normalized spacial score (nSPS) is 14.6. The van der Waals surface area contributed by atoms with Crippen LogP contribution in [0.1, 0.15) is 39.5 Å². The van der Waals surface area contributed by atoms with Crippen LogP contribution in [0.3, 0.4) is 0 Å². The fraction of sp³-hybridized carbons (Fsp3) is 0.818. The Labute approximate surface area is 81.6 Å². The van der Waals surface area contributed by atoms with E-state index in [1.807, 2.05) is 13.0 Å². The monoisotopic (exact) mass is 186 g/mol. The highest BCUT2D eigenvalue weighted by atomic mass is 16.5. The minimum atomic E-state index is 0.135. The first-order chi connectivity index (χ1) is 6.24. The SMILES string of the molecule is CCCCC(C/C(C)=C/CO)OC. The van der Waals surface area contributed by atoms with Crippen molar-refractivity contribution in [1.29, 1.82) is 0 Å². The Bertz CT molecular complexity index is 141. The largest absolute Gasteiger partial charge is 0.392 e. The van der Waals surface area contributed by atoms with Gasteiger partial charge in [0.05, 0.1) is 12.7 Å². The highest BCUT2D eigenvalue weighted by Gasteiger charge is 2.06. The Kier molecular flexibility index (Phi) is 8.05. The topological polar surface area (TPSA) is 29.5 Å². The summed E-state index contributed by atoms with van der Waals surface area (Å²) >= 11 is 0. The summed E-state index contributed by atoms with van der Waals surface area (Å²) in [5.41, 5.74) is 1.21. The maximum Gasteiger partial charge on any atom is 0.0614 e. The van der Waals surface area contributed by atoms with Crippen molar-refractivity contribution in [1.82, 2.24) is 0 Å². The molecule has 1 N–H and O–H groups in total. The Morgan fingerprint density at radius 1 is 1.54 bits per heavy atom. The summed E-state index contributed by atoms with van der Waals surface area (Å²) in [6.07, 6.45) is 6.65. The Balaban J connectivity index is 3.75. The van der Waals surface area contributed by atoms with Crippen LogP contribution in [0, 0.1) is 0 Å². The van der Waals surface area contributed by atoms with Gasteiger partial charge >= 0.3 is 0 Å². The first-order valence-corrected chi connectivity index (χ1v) is 5.03. The van der Waals surface area contributed by atoms with E-state index >= 15 is 0 Å². The van der Waals surface area contributed by atoms with Crippen molar-refractivity contribution in [2.24, 2.45) is 0 Å². The predicted molar refractivity (Wildman–Crippen MR) is 55.8 cm³/mol. The molecule has 1 atom stereocenters. The zero-order valence-corrected chi connectivity index (χ0v) is 9.05. The van der Waals surface area contributed by atoms with Crippen LogP contribution in [0.4, 0.5) is 0 Å². The molecular weight excluding hydrogens is 164 g/mol. The van der Waals surface area contributed by atoms with Gasteiger partial charge in [-0.1, -0.05) is 31.4 Å². The molecule has 0 aliphatic heterocycles. The molecular formula is C11H22O2. The molecule has 0 aliphatic carbocycles. The summed E-state index contributed by atoms with van der Waals surface area (Å²) < 4.78 is 5.35.